The molecule has 2 aliphatic rings. The minimum atomic E-state index is -0.232. The second-order valence-electron chi connectivity index (χ2n) is 5.96. The molecule has 0 spiro atoms. The largest absolute Gasteiger partial charge is 0.347 e. The van der Waals surface area contributed by atoms with Crippen molar-refractivity contribution in [2.24, 2.45) is 0 Å². The third-order valence-electron chi connectivity index (χ3n) is 4.25. The monoisotopic (exact) mass is 285 g/mol. The number of aromatic nitrogens is 2. The van der Waals surface area contributed by atoms with Gasteiger partial charge < -0.3 is 5.32 Å². The number of amides is 1. The van der Waals surface area contributed by atoms with Crippen molar-refractivity contribution in [3.05, 3.63) is 53.1 Å². The third-order valence-corrected chi connectivity index (χ3v) is 4.25. The number of hydrogen-bond donors (Lipinski definition) is 2. The third kappa shape index (κ3) is 2.55. The lowest BCUT2D eigenvalue weighted by Crippen LogP contribution is -2.26. The van der Waals surface area contributed by atoms with Gasteiger partial charge in [-0.2, -0.15) is 5.10 Å². The molecule has 108 valence electrons. The zero-order valence-corrected chi connectivity index (χ0v) is 11.5. The molecule has 0 saturated heterocycles. The van der Waals surface area contributed by atoms with Crippen molar-refractivity contribution in [1.29, 1.82) is 0 Å². The van der Waals surface area contributed by atoms with Crippen LogP contribution in [0, 0.1) is 5.82 Å². The molecule has 4 nitrogen and oxygen atoms in total. The van der Waals surface area contributed by atoms with Crippen LogP contribution in [0.5, 0.6) is 0 Å². The standard InChI is InChI=1S/C16H16FN3O/c17-11-5-3-9(4-6-11)12-7-14(12)18-16(21)15-8-13(19-20-15)10-1-2-10/h3-6,8,10,12,14H,1-2,7H2,(H,18,21)(H,19,20)/t12-,14-/m0/s1. The van der Waals surface area contributed by atoms with E-state index in [-0.39, 0.29) is 23.7 Å². The molecular weight excluding hydrogens is 269 g/mol. The summed E-state index contributed by atoms with van der Waals surface area (Å²) >= 11 is 0. The van der Waals surface area contributed by atoms with Gasteiger partial charge in [0.1, 0.15) is 11.5 Å². The molecule has 1 aromatic heterocycles. The molecule has 0 aliphatic heterocycles. The van der Waals surface area contributed by atoms with E-state index in [2.05, 4.69) is 15.5 Å². The van der Waals surface area contributed by atoms with E-state index < -0.39 is 0 Å². The van der Waals surface area contributed by atoms with Crippen LogP contribution in [-0.4, -0.2) is 22.1 Å². The number of aromatic amines is 1. The number of nitrogens with zero attached hydrogens (tertiary/aromatic N) is 1. The highest BCUT2D eigenvalue weighted by atomic mass is 19.1. The smallest absolute Gasteiger partial charge is 0.272 e. The van der Waals surface area contributed by atoms with Crippen LogP contribution < -0.4 is 5.32 Å². The Hall–Kier alpha value is -2.17. The quantitative estimate of drug-likeness (QED) is 0.907. The highest BCUT2D eigenvalue weighted by Gasteiger charge is 2.40. The predicted molar refractivity (Wildman–Crippen MR) is 75.6 cm³/mol. The van der Waals surface area contributed by atoms with Gasteiger partial charge >= 0.3 is 0 Å². The van der Waals surface area contributed by atoms with Crippen molar-refractivity contribution in [2.75, 3.05) is 0 Å². The average Bonchev–Trinajstić information content (AvgIpc) is 3.40. The molecule has 2 saturated carbocycles. The highest BCUT2D eigenvalue weighted by molar-refractivity contribution is 5.92. The first-order chi connectivity index (χ1) is 10.2. The van der Waals surface area contributed by atoms with E-state index >= 15 is 0 Å². The highest BCUT2D eigenvalue weighted by Crippen LogP contribution is 2.41. The van der Waals surface area contributed by atoms with Gasteiger partial charge in [-0.1, -0.05) is 12.1 Å². The zero-order chi connectivity index (χ0) is 14.4. The number of H-pyrrole nitrogens is 1. The molecule has 4 rings (SSSR count). The number of nitrogens with one attached hydrogen (secondary N) is 2. The summed E-state index contributed by atoms with van der Waals surface area (Å²) in [5.74, 6) is 0.486. The first-order valence-corrected chi connectivity index (χ1v) is 7.32. The van der Waals surface area contributed by atoms with Crippen LogP contribution in [-0.2, 0) is 0 Å². The van der Waals surface area contributed by atoms with E-state index in [0.29, 0.717) is 11.6 Å². The van der Waals surface area contributed by atoms with Crippen LogP contribution in [0.2, 0.25) is 0 Å². The molecule has 0 radical (unpaired) electrons. The predicted octanol–water partition coefficient (Wildman–Crippen LogP) is 2.71. The van der Waals surface area contributed by atoms with Crippen molar-refractivity contribution >= 4 is 5.91 Å². The first kappa shape index (κ1) is 12.6. The van der Waals surface area contributed by atoms with Gasteiger partial charge in [0, 0.05) is 23.6 Å². The summed E-state index contributed by atoms with van der Waals surface area (Å²) in [5.41, 5.74) is 2.59. The van der Waals surface area contributed by atoms with E-state index in [0.717, 1.165) is 17.7 Å². The van der Waals surface area contributed by atoms with Gasteiger partial charge in [-0.05, 0) is 43.0 Å². The normalized spacial score (nSPS) is 23.9. The topological polar surface area (TPSA) is 57.8 Å². The van der Waals surface area contributed by atoms with Crippen LogP contribution >= 0.6 is 0 Å². The summed E-state index contributed by atoms with van der Waals surface area (Å²) in [6, 6.07) is 8.47. The lowest BCUT2D eigenvalue weighted by atomic mass is 10.1. The lowest BCUT2D eigenvalue weighted by Gasteiger charge is -2.02. The summed E-state index contributed by atoms with van der Waals surface area (Å²) in [5, 5.41) is 10.0. The Labute approximate surface area is 121 Å². The molecule has 0 unspecified atom stereocenters. The van der Waals surface area contributed by atoms with Crippen LogP contribution in [0.15, 0.2) is 30.3 Å². The van der Waals surface area contributed by atoms with Crippen LogP contribution in [0.25, 0.3) is 0 Å². The Kier molecular flexibility index (Phi) is 2.80. The number of hydrogen-bond acceptors (Lipinski definition) is 2. The first-order valence-electron chi connectivity index (χ1n) is 7.32. The van der Waals surface area contributed by atoms with Gasteiger partial charge in [0.2, 0.25) is 0 Å². The molecular formula is C16H16FN3O. The van der Waals surface area contributed by atoms with Crippen molar-refractivity contribution in [2.45, 2.75) is 37.1 Å². The number of rotatable bonds is 4. The fourth-order valence-corrected chi connectivity index (χ4v) is 2.73. The fraction of sp³-hybridized carbons (Fsp3) is 0.375. The van der Waals surface area contributed by atoms with Gasteiger partial charge in [0.15, 0.2) is 0 Å². The fourth-order valence-electron chi connectivity index (χ4n) is 2.73. The zero-order valence-electron chi connectivity index (χ0n) is 11.5. The van der Waals surface area contributed by atoms with Crippen LogP contribution in [0.1, 0.15) is 52.8 Å². The molecule has 1 amide bonds. The summed E-state index contributed by atoms with van der Waals surface area (Å²) in [6.45, 7) is 0. The number of benzene rings is 1. The molecule has 1 aromatic carbocycles. The minimum absolute atomic E-state index is 0.129. The Morgan fingerprint density at radius 3 is 2.76 bits per heavy atom. The molecule has 2 fully saturated rings. The van der Waals surface area contributed by atoms with E-state index in [1.807, 2.05) is 6.07 Å². The van der Waals surface area contributed by atoms with Crippen molar-refractivity contribution in [3.63, 3.8) is 0 Å². The summed E-state index contributed by atoms with van der Waals surface area (Å²) < 4.78 is 12.9. The van der Waals surface area contributed by atoms with E-state index in [1.54, 1.807) is 12.1 Å². The lowest BCUT2D eigenvalue weighted by molar-refractivity contribution is 0.0945. The maximum atomic E-state index is 12.9. The minimum Gasteiger partial charge on any atom is -0.347 e. The molecule has 1 heterocycles. The van der Waals surface area contributed by atoms with E-state index in [4.69, 9.17) is 0 Å². The van der Waals surface area contributed by atoms with Crippen LogP contribution in [0.3, 0.4) is 0 Å². The van der Waals surface area contributed by atoms with E-state index in [9.17, 15) is 9.18 Å². The van der Waals surface area contributed by atoms with Gasteiger partial charge in [0.25, 0.3) is 5.91 Å². The Bertz CT molecular complexity index is 675. The molecule has 5 heteroatoms. The molecule has 21 heavy (non-hydrogen) atoms. The summed E-state index contributed by atoms with van der Waals surface area (Å²) in [4.78, 5) is 12.1. The number of halogens is 1. The number of carbonyl (C=O) groups is 1. The van der Waals surface area contributed by atoms with Crippen molar-refractivity contribution < 1.29 is 9.18 Å². The molecule has 0 bridgehead atoms. The Balaban J connectivity index is 1.38. The SMILES string of the molecule is O=C(N[C@H]1C[C@H]1c1ccc(F)cc1)c1cc(C2CC2)[nH]n1. The maximum absolute atomic E-state index is 12.9. The van der Waals surface area contributed by atoms with Gasteiger partial charge in [0.05, 0.1) is 0 Å². The molecule has 2 aliphatic carbocycles. The van der Waals surface area contributed by atoms with Gasteiger partial charge in [-0.3, -0.25) is 9.89 Å². The Morgan fingerprint density at radius 1 is 1.29 bits per heavy atom. The second kappa shape index (κ2) is 4.69. The average molecular weight is 285 g/mol. The van der Waals surface area contributed by atoms with Crippen LogP contribution in [0.4, 0.5) is 4.39 Å². The summed E-state index contributed by atoms with van der Waals surface area (Å²) in [6.07, 6.45) is 3.26. The second-order valence-corrected chi connectivity index (χ2v) is 5.96. The molecule has 2 aromatic rings. The molecule has 2 atom stereocenters. The summed E-state index contributed by atoms with van der Waals surface area (Å²) in [7, 11) is 0. The Morgan fingerprint density at radius 2 is 2.05 bits per heavy atom. The van der Waals surface area contributed by atoms with Gasteiger partial charge in [-0.15, -0.1) is 0 Å². The van der Waals surface area contributed by atoms with Crippen molar-refractivity contribution in [3.8, 4) is 0 Å². The maximum Gasteiger partial charge on any atom is 0.272 e. The van der Waals surface area contributed by atoms with Crippen molar-refractivity contribution in [1.82, 2.24) is 15.5 Å². The van der Waals surface area contributed by atoms with Gasteiger partial charge in [-0.25, -0.2) is 4.39 Å². The molecule has 2 N–H and O–H groups in total. The number of carbonyl (C=O) groups excluding carboxylic acids is 1. The van der Waals surface area contributed by atoms with E-state index in [1.165, 1.54) is 25.0 Å².